The number of benzene rings is 1. The Balaban J connectivity index is 0.00000288. The lowest BCUT2D eigenvalue weighted by Gasteiger charge is -2.04. The lowest BCUT2D eigenvalue weighted by Crippen LogP contribution is -3.00. The second-order valence-electron chi connectivity index (χ2n) is 5.98. The Kier molecular flexibility index (Phi) is 8.76. The fraction of sp³-hybridized carbons (Fsp3) is 0.474. The lowest BCUT2D eigenvalue weighted by atomic mass is 10.1. The van der Waals surface area contributed by atoms with E-state index in [2.05, 4.69) is 11.5 Å². The van der Waals surface area contributed by atoms with E-state index in [1.165, 1.54) is 25.7 Å². The Hall–Kier alpha value is -1.62. The maximum Gasteiger partial charge on any atom is 0.340 e. The molecule has 0 fully saturated rings. The Morgan fingerprint density at radius 1 is 1.17 bits per heavy atom. The first-order chi connectivity index (χ1) is 11.2. The van der Waals surface area contributed by atoms with Gasteiger partial charge in [-0.05, 0) is 37.0 Å². The molecule has 1 aromatic heterocycles. The van der Waals surface area contributed by atoms with Crippen molar-refractivity contribution in [3.63, 3.8) is 0 Å². The van der Waals surface area contributed by atoms with Crippen LogP contribution in [0, 0.1) is 0 Å². The van der Waals surface area contributed by atoms with Gasteiger partial charge in [0.25, 0.3) is 0 Å². The van der Waals surface area contributed by atoms with E-state index in [0.29, 0.717) is 5.56 Å². The van der Waals surface area contributed by atoms with Gasteiger partial charge in [0, 0.05) is 0 Å². The minimum atomic E-state index is -0.880. The molecule has 0 aliphatic heterocycles. The van der Waals surface area contributed by atoms with Crippen LogP contribution in [-0.4, -0.2) is 15.6 Å². The smallest absolute Gasteiger partial charge is 0.340 e. The van der Waals surface area contributed by atoms with Crippen molar-refractivity contribution in [1.82, 2.24) is 4.57 Å². The zero-order chi connectivity index (χ0) is 16.7. The number of aromatic nitrogens is 2. The largest absolute Gasteiger partial charge is 1.00 e. The molecule has 132 valence electrons. The summed E-state index contributed by atoms with van der Waals surface area (Å²) in [6.45, 7) is 5.23. The highest BCUT2D eigenvalue weighted by atomic mass is 79.9. The molecule has 0 amide bonds. The van der Waals surface area contributed by atoms with Crippen LogP contribution in [0.1, 0.15) is 61.9 Å². The Bertz CT molecular complexity index is 653. The molecule has 0 saturated carbocycles. The van der Waals surface area contributed by atoms with Crippen LogP contribution in [0.15, 0.2) is 36.9 Å². The Morgan fingerprint density at radius 3 is 2.58 bits per heavy atom. The van der Waals surface area contributed by atoms with E-state index < -0.39 is 5.97 Å². The van der Waals surface area contributed by atoms with Gasteiger partial charge in [0.2, 0.25) is 6.33 Å². The molecule has 0 aliphatic rings. The van der Waals surface area contributed by atoms with Crippen molar-refractivity contribution in [1.29, 1.82) is 0 Å². The molecule has 5 heteroatoms. The Labute approximate surface area is 154 Å². The van der Waals surface area contributed by atoms with Crippen LogP contribution in [0.25, 0.3) is 5.69 Å². The zero-order valence-corrected chi connectivity index (χ0v) is 16.1. The zero-order valence-electron chi connectivity index (χ0n) is 14.5. The first-order valence-corrected chi connectivity index (χ1v) is 8.59. The quantitative estimate of drug-likeness (QED) is 0.509. The summed E-state index contributed by atoms with van der Waals surface area (Å²) in [7, 11) is 0. The van der Waals surface area contributed by atoms with Gasteiger partial charge in [-0.25, -0.2) is 13.9 Å². The average Bonchev–Trinajstić information content (AvgIpc) is 3.02. The summed E-state index contributed by atoms with van der Waals surface area (Å²) in [5, 5.41) is 9.46. The fourth-order valence-corrected chi connectivity index (χ4v) is 2.77. The van der Waals surface area contributed by atoms with Gasteiger partial charge in [0.05, 0.1) is 6.54 Å². The molecular formula is C19H27BrN2O2. The number of carbonyl (C=O) groups is 1. The van der Waals surface area contributed by atoms with Crippen molar-refractivity contribution < 1.29 is 31.4 Å². The molecule has 0 spiro atoms. The number of carboxylic acids is 1. The van der Waals surface area contributed by atoms with E-state index in [1.54, 1.807) is 6.07 Å². The summed E-state index contributed by atoms with van der Waals surface area (Å²) in [6, 6.07) is 5.66. The molecule has 0 saturated heterocycles. The summed E-state index contributed by atoms with van der Waals surface area (Å²) in [5.74, 6) is -0.880. The van der Waals surface area contributed by atoms with Crippen LogP contribution >= 0.6 is 0 Å². The van der Waals surface area contributed by atoms with Crippen molar-refractivity contribution in [2.24, 2.45) is 0 Å². The number of hydrogen-bond donors (Lipinski definition) is 1. The van der Waals surface area contributed by atoms with Crippen LogP contribution in [0.4, 0.5) is 0 Å². The monoisotopic (exact) mass is 394 g/mol. The van der Waals surface area contributed by atoms with Gasteiger partial charge in [-0.2, -0.15) is 0 Å². The van der Waals surface area contributed by atoms with Crippen molar-refractivity contribution in [2.45, 2.75) is 58.9 Å². The highest BCUT2D eigenvalue weighted by molar-refractivity contribution is 5.91. The molecule has 0 aliphatic carbocycles. The van der Waals surface area contributed by atoms with E-state index in [1.807, 2.05) is 42.3 Å². The minimum Gasteiger partial charge on any atom is -1.00 e. The SMILES string of the molecule is CCCCCCCn1cc[n+](-c2ccc(CC)cc2C(=O)O)c1.[Br-]. The van der Waals surface area contributed by atoms with Crippen LogP contribution in [0.3, 0.4) is 0 Å². The van der Waals surface area contributed by atoms with Gasteiger partial charge >= 0.3 is 5.97 Å². The van der Waals surface area contributed by atoms with Crippen molar-refractivity contribution in [2.75, 3.05) is 0 Å². The van der Waals surface area contributed by atoms with Gasteiger partial charge in [0.15, 0.2) is 0 Å². The summed E-state index contributed by atoms with van der Waals surface area (Å²) in [6.07, 6.45) is 13.0. The number of aromatic carboxylic acids is 1. The normalized spacial score (nSPS) is 10.4. The number of carboxylic acid groups (broad SMARTS) is 1. The summed E-state index contributed by atoms with van der Waals surface area (Å²) < 4.78 is 4.03. The predicted molar refractivity (Wildman–Crippen MR) is 91.1 cm³/mol. The third-order valence-corrected chi connectivity index (χ3v) is 4.19. The number of aryl methyl sites for hydroxylation is 2. The molecule has 0 bridgehead atoms. The van der Waals surface area contributed by atoms with Gasteiger partial charge < -0.3 is 22.1 Å². The predicted octanol–water partition coefficient (Wildman–Crippen LogP) is 1.000. The molecule has 0 radical (unpaired) electrons. The number of unbranched alkanes of at least 4 members (excludes halogenated alkanes) is 4. The van der Waals surface area contributed by atoms with Crippen LogP contribution < -0.4 is 21.5 Å². The third kappa shape index (κ3) is 5.48. The summed E-state index contributed by atoms with van der Waals surface area (Å²) in [4.78, 5) is 11.5. The second-order valence-corrected chi connectivity index (χ2v) is 5.98. The number of hydrogen-bond acceptors (Lipinski definition) is 1. The highest BCUT2D eigenvalue weighted by Crippen LogP contribution is 2.13. The molecular weight excluding hydrogens is 368 g/mol. The molecule has 0 atom stereocenters. The number of nitrogens with zero attached hydrogens (tertiary/aromatic N) is 2. The lowest BCUT2D eigenvalue weighted by molar-refractivity contribution is -0.595. The van der Waals surface area contributed by atoms with Crippen LogP contribution in [0.2, 0.25) is 0 Å². The molecule has 2 rings (SSSR count). The fourth-order valence-electron chi connectivity index (χ4n) is 2.77. The third-order valence-electron chi connectivity index (χ3n) is 4.19. The molecule has 2 aromatic rings. The Morgan fingerprint density at radius 2 is 1.92 bits per heavy atom. The summed E-state index contributed by atoms with van der Waals surface area (Å²) in [5.41, 5.74) is 2.12. The number of halogens is 1. The molecule has 1 N–H and O–H groups in total. The van der Waals surface area contributed by atoms with Crippen LogP contribution in [-0.2, 0) is 13.0 Å². The highest BCUT2D eigenvalue weighted by Gasteiger charge is 2.17. The van der Waals surface area contributed by atoms with Gasteiger partial charge in [-0.15, -0.1) is 0 Å². The van der Waals surface area contributed by atoms with E-state index in [0.717, 1.165) is 30.6 Å². The molecule has 4 nitrogen and oxygen atoms in total. The second kappa shape index (κ2) is 10.3. The molecule has 1 aromatic carbocycles. The van der Waals surface area contributed by atoms with Crippen molar-refractivity contribution in [3.05, 3.63) is 48.0 Å². The van der Waals surface area contributed by atoms with E-state index in [9.17, 15) is 9.90 Å². The van der Waals surface area contributed by atoms with Crippen LogP contribution in [0.5, 0.6) is 0 Å². The molecule has 24 heavy (non-hydrogen) atoms. The molecule has 1 heterocycles. The standard InChI is InChI=1S/C19H26N2O2.BrH/c1-3-5-6-7-8-11-20-12-13-21(15-20)18-10-9-16(4-2)14-17(18)19(22)23;/h9-10,12-15H,3-8,11H2,1-2H3;1H. The van der Waals surface area contributed by atoms with Crippen molar-refractivity contribution >= 4 is 5.97 Å². The first-order valence-electron chi connectivity index (χ1n) is 8.59. The topological polar surface area (TPSA) is 46.1 Å². The molecule has 0 unspecified atom stereocenters. The first kappa shape index (κ1) is 20.4. The maximum atomic E-state index is 11.5. The van der Waals surface area contributed by atoms with E-state index in [-0.39, 0.29) is 17.0 Å². The van der Waals surface area contributed by atoms with E-state index >= 15 is 0 Å². The van der Waals surface area contributed by atoms with Gasteiger partial charge in [0.1, 0.15) is 23.6 Å². The maximum absolute atomic E-state index is 11.5. The number of rotatable bonds is 9. The number of imidazole rings is 1. The minimum absolute atomic E-state index is 0. The van der Waals surface area contributed by atoms with Crippen molar-refractivity contribution in [3.8, 4) is 5.69 Å². The van der Waals surface area contributed by atoms with E-state index in [4.69, 9.17) is 0 Å². The van der Waals surface area contributed by atoms with Gasteiger partial charge in [-0.3, -0.25) is 0 Å². The summed E-state index contributed by atoms with van der Waals surface area (Å²) >= 11 is 0. The average molecular weight is 395 g/mol. The van der Waals surface area contributed by atoms with Gasteiger partial charge in [-0.1, -0.05) is 39.2 Å².